The highest BCUT2D eigenvalue weighted by Crippen LogP contribution is 2.23. The monoisotopic (exact) mass is 387 g/mol. The highest BCUT2D eigenvalue weighted by molar-refractivity contribution is 7.85. The zero-order valence-electron chi connectivity index (χ0n) is 15.3. The van der Waals surface area contributed by atoms with E-state index in [9.17, 15) is 13.0 Å². The van der Waals surface area contributed by atoms with Crippen LogP contribution in [0, 0.1) is 11.6 Å². The summed E-state index contributed by atoms with van der Waals surface area (Å²) >= 11 is 0. The lowest BCUT2D eigenvalue weighted by atomic mass is 9.95. The molecule has 0 spiro atoms. The van der Waals surface area contributed by atoms with E-state index in [4.69, 9.17) is 4.74 Å². The summed E-state index contributed by atoms with van der Waals surface area (Å²) in [6.45, 7) is 2.60. The molecule has 0 aromatic heterocycles. The summed E-state index contributed by atoms with van der Waals surface area (Å²) < 4.78 is 43.7. The first-order valence-corrected chi connectivity index (χ1v) is 10.3. The molecular formula is C18H27F2N3O2S. The van der Waals surface area contributed by atoms with Gasteiger partial charge in [0.15, 0.2) is 17.5 Å². The third-order valence-corrected chi connectivity index (χ3v) is 6.13. The van der Waals surface area contributed by atoms with E-state index < -0.39 is 22.4 Å². The van der Waals surface area contributed by atoms with Crippen LogP contribution in [-0.2, 0) is 10.8 Å². The summed E-state index contributed by atoms with van der Waals surface area (Å²) in [4.78, 5) is 4.19. The minimum absolute atomic E-state index is 0.0216. The van der Waals surface area contributed by atoms with E-state index >= 15 is 0 Å². The zero-order valence-corrected chi connectivity index (χ0v) is 16.1. The van der Waals surface area contributed by atoms with Gasteiger partial charge in [0.05, 0.1) is 6.54 Å². The molecule has 0 heterocycles. The van der Waals surface area contributed by atoms with Crippen LogP contribution in [0.5, 0.6) is 5.75 Å². The van der Waals surface area contributed by atoms with Crippen LogP contribution in [0.2, 0.25) is 0 Å². The molecule has 0 aliphatic heterocycles. The first kappa shape index (κ1) is 20.6. The average Bonchev–Trinajstić information content (AvgIpc) is 2.65. The predicted molar refractivity (Wildman–Crippen MR) is 101 cm³/mol. The van der Waals surface area contributed by atoms with E-state index in [2.05, 4.69) is 15.6 Å². The molecular weight excluding hydrogens is 360 g/mol. The number of hydrogen-bond acceptors (Lipinski definition) is 3. The highest BCUT2D eigenvalue weighted by Gasteiger charge is 2.25. The number of hydrogen-bond donors (Lipinski definition) is 2. The zero-order chi connectivity index (χ0) is 18.9. The number of halogens is 2. The van der Waals surface area contributed by atoms with Crippen molar-refractivity contribution in [2.75, 3.05) is 26.0 Å². The average molecular weight is 387 g/mol. The van der Waals surface area contributed by atoms with Crippen LogP contribution >= 0.6 is 0 Å². The van der Waals surface area contributed by atoms with Crippen molar-refractivity contribution in [1.82, 2.24) is 10.6 Å². The topological polar surface area (TPSA) is 62.7 Å². The van der Waals surface area contributed by atoms with Crippen molar-refractivity contribution in [3.8, 4) is 5.75 Å². The number of aliphatic imine (C=N–C) groups is 1. The fourth-order valence-electron chi connectivity index (χ4n) is 3.06. The minimum Gasteiger partial charge on any atom is -0.489 e. The predicted octanol–water partition coefficient (Wildman–Crippen LogP) is 2.59. The molecule has 1 aliphatic carbocycles. The van der Waals surface area contributed by atoms with E-state index in [-0.39, 0.29) is 23.6 Å². The first-order chi connectivity index (χ1) is 12.5. The van der Waals surface area contributed by atoms with Gasteiger partial charge < -0.3 is 15.4 Å². The standard InChI is InChI=1S/C18H27F2N3O2S/c1-3-26(24)15-6-4-5-14(12-15)23-18(21-2)22-9-10-25-17-8-7-13(19)11-16(17)20/h7-8,11,14-15H,3-6,9-10,12H2,1-2H3,(H2,21,22,23). The Bertz CT molecular complexity index is 643. The fourth-order valence-corrected chi connectivity index (χ4v) is 4.41. The molecule has 1 fully saturated rings. The Morgan fingerprint density at radius 3 is 2.88 bits per heavy atom. The molecule has 0 radical (unpaired) electrons. The van der Waals surface area contributed by atoms with Crippen molar-refractivity contribution in [2.45, 2.75) is 43.9 Å². The third-order valence-electron chi connectivity index (χ3n) is 4.39. The van der Waals surface area contributed by atoms with Crippen molar-refractivity contribution in [3.63, 3.8) is 0 Å². The molecule has 5 nitrogen and oxygen atoms in total. The van der Waals surface area contributed by atoms with Gasteiger partial charge in [0.1, 0.15) is 12.4 Å². The Morgan fingerprint density at radius 1 is 1.38 bits per heavy atom. The number of nitrogens with zero attached hydrogens (tertiary/aromatic N) is 1. The van der Waals surface area contributed by atoms with E-state index in [0.717, 1.165) is 37.8 Å². The van der Waals surface area contributed by atoms with Crippen LogP contribution in [0.3, 0.4) is 0 Å². The van der Waals surface area contributed by atoms with Gasteiger partial charge in [-0.3, -0.25) is 9.20 Å². The fraction of sp³-hybridized carbons (Fsp3) is 0.611. The normalized spacial score (nSPS) is 21.9. The molecule has 146 valence electrons. The molecule has 2 rings (SSSR count). The molecule has 3 atom stereocenters. The lowest BCUT2D eigenvalue weighted by molar-refractivity contribution is 0.304. The largest absolute Gasteiger partial charge is 0.489 e. The molecule has 2 N–H and O–H groups in total. The van der Waals surface area contributed by atoms with E-state index in [1.54, 1.807) is 7.05 Å². The third kappa shape index (κ3) is 6.23. The highest BCUT2D eigenvalue weighted by atomic mass is 32.2. The Labute approximate surface area is 156 Å². The summed E-state index contributed by atoms with van der Waals surface area (Å²) in [5, 5.41) is 6.72. The van der Waals surface area contributed by atoms with Crippen LogP contribution < -0.4 is 15.4 Å². The first-order valence-electron chi connectivity index (χ1n) is 8.95. The van der Waals surface area contributed by atoms with Crippen molar-refractivity contribution in [2.24, 2.45) is 4.99 Å². The van der Waals surface area contributed by atoms with Gasteiger partial charge >= 0.3 is 0 Å². The van der Waals surface area contributed by atoms with Gasteiger partial charge in [-0.2, -0.15) is 0 Å². The summed E-state index contributed by atoms with van der Waals surface area (Å²) in [7, 11) is 0.916. The second kappa shape index (κ2) is 10.4. The summed E-state index contributed by atoms with van der Waals surface area (Å²) in [5.74, 6) is 0.00762. The molecule has 0 saturated heterocycles. The van der Waals surface area contributed by atoms with E-state index in [1.165, 1.54) is 6.07 Å². The maximum absolute atomic E-state index is 13.5. The number of ether oxygens (including phenoxy) is 1. The second-order valence-corrected chi connectivity index (χ2v) is 8.23. The molecule has 3 unspecified atom stereocenters. The Morgan fingerprint density at radius 2 is 2.19 bits per heavy atom. The van der Waals surface area contributed by atoms with E-state index in [1.807, 2.05) is 6.92 Å². The van der Waals surface area contributed by atoms with Crippen molar-refractivity contribution in [3.05, 3.63) is 29.8 Å². The van der Waals surface area contributed by atoms with Crippen molar-refractivity contribution >= 4 is 16.8 Å². The van der Waals surface area contributed by atoms with Gasteiger partial charge in [0, 0.05) is 41.0 Å². The Kier molecular flexibility index (Phi) is 8.28. The smallest absolute Gasteiger partial charge is 0.191 e. The molecule has 0 amide bonds. The van der Waals surface area contributed by atoms with Gasteiger partial charge in [-0.15, -0.1) is 0 Å². The lowest BCUT2D eigenvalue weighted by Gasteiger charge is -2.30. The minimum atomic E-state index is -0.765. The van der Waals surface area contributed by atoms with E-state index in [0.29, 0.717) is 18.3 Å². The Hall–Kier alpha value is -1.70. The van der Waals surface area contributed by atoms with Crippen molar-refractivity contribution in [1.29, 1.82) is 0 Å². The summed E-state index contributed by atoms with van der Waals surface area (Å²) in [5.41, 5.74) is 0. The van der Waals surface area contributed by atoms with Crippen molar-refractivity contribution < 1.29 is 17.7 Å². The lowest BCUT2D eigenvalue weighted by Crippen LogP contribution is -2.47. The number of guanidine groups is 1. The van der Waals surface area contributed by atoms with Crippen LogP contribution in [-0.4, -0.2) is 47.4 Å². The van der Waals surface area contributed by atoms with Gasteiger partial charge in [-0.25, -0.2) is 8.78 Å². The molecule has 8 heteroatoms. The molecule has 26 heavy (non-hydrogen) atoms. The molecule has 1 saturated carbocycles. The summed E-state index contributed by atoms with van der Waals surface area (Å²) in [6, 6.07) is 3.47. The maximum Gasteiger partial charge on any atom is 0.191 e. The van der Waals surface area contributed by atoms with Crippen LogP contribution in [0.1, 0.15) is 32.6 Å². The van der Waals surface area contributed by atoms with Gasteiger partial charge in [0.25, 0.3) is 0 Å². The van der Waals surface area contributed by atoms with Crippen LogP contribution in [0.4, 0.5) is 8.78 Å². The quantitative estimate of drug-likeness (QED) is 0.429. The number of benzene rings is 1. The Balaban J connectivity index is 1.74. The molecule has 1 aromatic rings. The molecule has 1 aliphatic rings. The molecule has 0 bridgehead atoms. The maximum atomic E-state index is 13.5. The SMILES string of the molecule is CCS(=O)C1CCCC(NC(=NC)NCCOc2ccc(F)cc2F)C1. The molecule has 1 aromatic carbocycles. The second-order valence-electron chi connectivity index (χ2n) is 6.22. The van der Waals surface area contributed by atoms with Crippen LogP contribution in [0.25, 0.3) is 0 Å². The van der Waals surface area contributed by atoms with Gasteiger partial charge in [-0.1, -0.05) is 13.3 Å². The summed E-state index contributed by atoms with van der Waals surface area (Å²) in [6.07, 6.45) is 3.97. The van der Waals surface area contributed by atoms with Crippen LogP contribution in [0.15, 0.2) is 23.2 Å². The number of nitrogens with one attached hydrogen (secondary N) is 2. The van der Waals surface area contributed by atoms with Gasteiger partial charge in [0.2, 0.25) is 0 Å². The number of rotatable bonds is 7. The van der Waals surface area contributed by atoms with Gasteiger partial charge in [-0.05, 0) is 31.4 Å².